The van der Waals surface area contributed by atoms with Crippen LogP contribution >= 0.6 is 0 Å². The van der Waals surface area contributed by atoms with Crippen molar-refractivity contribution in [2.75, 3.05) is 12.4 Å². The van der Waals surface area contributed by atoms with Crippen LogP contribution in [0.2, 0.25) is 0 Å². The minimum absolute atomic E-state index is 0.560. The van der Waals surface area contributed by atoms with Crippen molar-refractivity contribution in [1.29, 1.82) is 0 Å². The van der Waals surface area contributed by atoms with Crippen molar-refractivity contribution in [2.45, 2.75) is 20.8 Å². The average molecular weight is 206 g/mol. The number of aryl methyl sites for hydroxylation is 3. The van der Waals surface area contributed by atoms with E-state index in [1.54, 1.807) is 7.05 Å². The zero-order chi connectivity index (χ0) is 11.4. The second kappa shape index (κ2) is 4.79. The maximum Gasteiger partial charge on any atom is 0.209 e. The third-order valence-corrected chi connectivity index (χ3v) is 2.28. The van der Waals surface area contributed by atoms with Gasteiger partial charge in [0.1, 0.15) is 0 Å². The Kier molecular flexibility index (Phi) is 3.68. The quantitative estimate of drug-likeness (QED) is 0.282. The first-order valence-corrected chi connectivity index (χ1v) is 4.86. The summed E-state index contributed by atoms with van der Waals surface area (Å²) in [6.07, 6.45) is 0. The molecule has 4 N–H and O–H groups in total. The van der Waals surface area contributed by atoms with Gasteiger partial charge in [-0.3, -0.25) is 10.4 Å². The van der Waals surface area contributed by atoms with Gasteiger partial charge in [-0.2, -0.15) is 0 Å². The summed E-state index contributed by atoms with van der Waals surface area (Å²) in [5.74, 6) is 5.88. The van der Waals surface area contributed by atoms with E-state index < -0.39 is 0 Å². The van der Waals surface area contributed by atoms with Gasteiger partial charge in [0.05, 0.1) is 0 Å². The number of guanidine groups is 1. The summed E-state index contributed by atoms with van der Waals surface area (Å²) in [6, 6.07) is 4.25. The lowest BCUT2D eigenvalue weighted by atomic mass is 10.1. The molecule has 1 aromatic carbocycles. The largest absolute Gasteiger partial charge is 0.325 e. The monoisotopic (exact) mass is 206 g/mol. The highest BCUT2D eigenvalue weighted by atomic mass is 15.3. The van der Waals surface area contributed by atoms with Crippen molar-refractivity contribution >= 4 is 11.6 Å². The molecular formula is C11H18N4. The molecule has 0 aliphatic heterocycles. The van der Waals surface area contributed by atoms with Crippen LogP contribution in [0.25, 0.3) is 0 Å². The zero-order valence-electron chi connectivity index (χ0n) is 9.68. The fourth-order valence-electron chi connectivity index (χ4n) is 1.65. The lowest BCUT2D eigenvalue weighted by Gasteiger charge is -2.14. The van der Waals surface area contributed by atoms with Gasteiger partial charge in [-0.15, -0.1) is 0 Å². The number of benzene rings is 1. The first-order valence-electron chi connectivity index (χ1n) is 4.86. The first-order chi connectivity index (χ1) is 7.08. The number of anilines is 1. The van der Waals surface area contributed by atoms with Crippen molar-refractivity contribution in [3.8, 4) is 0 Å². The summed E-state index contributed by atoms with van der Waals surface area (Å²) in [5, 5.41) is 3.16. The van der Waals surface area contributed by atoms with Gasteiger partial charge in [0.2, 0.25) is 5.96 Å². The van der Waals surface area contributed by atoms with Crippen molar-refractivity contribution in [2.24, 2.45) is 10.8 Å². The lowest BCUT2D eigenvalue weighted by Crippen LogP contribution is -2.36. The molecule has 1 aromatic rings. The minimum atomic E-state index is 0.560. The molecule has 0 unspecified atom stereocenters. The minimum Gasteiger partial charge on any atom is -0.325 e. The number of rotatable bonds is 1. The Morgan fingerprint density at radius 2 is 1.73 bits per heavy atom. The van der Waals surface area contributed by atoms with Crippen molar-refractivity contribution in [3.63, 3.8) is 0 Å². The molecule has 0 aromatic heterocycles. The van der Waals surface area contributed by atoms with Crippen molar-refractivity contribution in [3.05, 3.63) is 28.8 Å². The van der Waals surface area contributed by atoms with Crippen LogP contribution in [-0.4, -0.2) is 13.0 Å². The maximum atomic E-state index is 5.32. The van der Waals surface area contributed by atoms with Gasteiger partial charge >= 0.3 is 0 Å². The van der Waals surface area contributed by atoms with Gasteiger partial charge in [-0.05, 0) is 31.9 Å². The molecule has 0 aliphatic rings. The Balaban J connectivity index is 3.05. The van der Waals surface area contributed by atoms with Gasteiger partial charge in [0.15, 0.2) is 0 Å². The Bertz CT molecular complexity index is 359. The van der Waals surface area contributed by atoms with Crippen LogP contribution in [0.1, 0.15) is 16.7 Å². The summed E-state index contributed by atoms with van der Waals surface area (Å²) in [7, 11) is 1.68. The molecule has 1 rings (SSSR count). The summed E-state index contributed by atoms with van der Waals surface area (Å²) in [6.45, 7) is 6.21. The fourth-order valence-corrected chi connectivity index (χ4v) is 1.65. The van der Waals surface area contributed by atoms with Crippen LogP contribution in [0.5, 0.6) is 0 Å². The number of aliphatic imine (C=N–C) groups is 1. The highest BCUT2D eigenvalue weighted by Gasteiger charge is 2.05. The fraction of sp³-hybridized carbons (Fsp3) is 0.364. The standard InChI is InChI=1S/C11H18N4/c1-7-5-8(2)10(9(3)6-7)14-11(13-4)15-12/h5-6H,12H2,1-4H3,(H2,13,14,15). The molecule has 4 heteroatoms. The van der Waals surface area contributed by atoms with Gasteiger partial charge < -0.3 is 5.32 Å². The summed E-state index contributed by atoms with van der Waals surface area (Å²) < 4.78 is 0. The van der Waals surface area contributed by atoms with Crippen LogP contribution in [0.15, 0.2) is 17.1 Å². The second-order valence-corrected chi connectivity index (χ2v) is 3.62. The molecule has 0 saturated heterocycles. The molecular weight excluding hydrogens is 188 g/mol. The Morgan fingerprint density at radius 1 is 1.20 bits per heavy atom. The van der Waals surface area contributed by atoms with E-state index >= 15 is 0 Å². The Morgan fingerprint density at radius 3 is 2.13 bits per heavy atom. The molecule has 0 radical (unpaired) electrons. The Labute approximate surface area is 90.6 Å². The number of hydrogen-bond donors (Lipinski definition) is 3. The zero-order valence-corrected chi connectivity index (χ0v) is 9.68. The van der Waals surface area contributed by atoms with Crippen molar-refractivity contribution < 1.29 is 0 Å². The van der Waals surface area contributed by atoms with Crippen LogP contribution in [0.4, 0.5) is 5.69 Å². The van der Waals surface area contributed by atoms with Crippen LogP contribution in [-0.2, 0) is 0 Å². The maximum absolute atomic E-state index is 5.32. The summed E-state index contributed by atoms with van der Waals surface area (Å²) in [5.41, 5.74) is 7.19. The molecule has 0 heterocycles. The van der Waals surface area contributed by atoms with E-state index in [4.69, 9.17) is 5.84 Å². The predicted molar refractivity (Wildman–Crippen MR) is 65.0 cm³/mol. The third-order valence-electron chi connectivity index (χ3n) is 2.28. The molecule has 0 atom stereocenters. The topological polar surface area (TPSA) is 62.4 Å². The van der Waals surface area contributed by atoms with E-state index in [0.717, 1.165) is 5.69 Å². The average Bonchev–Trinajstić information content (AvgIpc) is 2.17. The van der Waals surface area contributed by atoms with Crippen LogP contribution in [0, 0.1) is 20.8 Å². The van der Waals surface area contributed by atoms with Crippen LogP contribution in [0.3, 0.4) is 0 Å². The lowest BCUT2D eigenvalue weighted by molar-refractivity contribution is 1.01. The van der Waals surface area contributed by atoms with Gasteiger partial charge in [-0.25, -0.2) is 5.84 Å². The second-order valence-electron chi connectivity index (χ2n) is 3.62. The molecule has 82 valence electrons. The summed E-state index contributed by atoms with van der Waals surface area (Å²) >= 11 is 0. The van der Waals surface area contributed by atoms with E-state index in [1.807, 2.05) is 0 Å². The van der Waals surface area contributed by atoms with E-state index in [2.05, 4.69) is 48.6 Å². The summed E-state index contributed by atoms with van der Waals surface area (Å²) in [4.78, 5) is 3.98. The molecule has 0 fully saturated rings. The van der Waals surface area contributed by atoms with Gasteiger partial charge in [0, 0.05) is 12.7 Å². The highest BCUT2D eigenvalue weighted by molar-refractivity contribution is 5.94. The van der Waals surface area contributed by atoms with Gasteiger partial charge in [-0.1, -0.05) is 17.7 Å². The Hall–Kier alpha value is -1.55. The third kappa shape index (κ3) is 2.70. The molecule has 15 heavy (non-hydrogen) atoms. The van der Waals surface area contributed by atoms with E-state index in [0.29, 0.717) is 5.96 Å². The normalized spacial score (nSPS) is 11.4. The molecule has 4 nitrogen and oxygen atoms in total. The number of hydrazine groups is 1. The van der Waals surface area contributed by atoms with Crippen molar-refractivity contribution in [1.82, 2.24) is 5.43 Å². The van der Waals surface area contributed by atoms with E-state index in [-0.39, 0.29) is 0 Å². The number of nitrogens with two attached hydrogens (primary N) is 1. The molecule has 0 saturated carbocycles. The first kappa shape index (κ1) is 11.5. The van der Waals surface area contributed by atoms with E-state index in [1.165, 1.54) is 16.7 Å². The highest BCUT2D eigenvalue weighted by Crippen LogP contribution is 2.21. The number of hydrogen-bond acceptors (Lipinski definition) is 2. The molecule has 0 amide bonds. The SMILES string of the molecule is CN=C(NN)Nc1c(C)cc(C)cc1C. The van der Waals surface area contributed by atoms with E-state index in [9.17, 15) is 0 Å². The molecule has 0 aliphatic carbocycles. The molecule has 0 bridgehead atoms. The van der Waals surface area contributed by atoms with Gasteiger partial charge in [0.25, 0.3) is 0 Å². The number of nitrogens with one attached hydrogen (secondary N) is 2. The molecule has 0 spiro atoms. The predicted octanol–water partition coefficient (Wildman–Crippen LogP) is 1.47. The number of nitrogens with zero attached hydrogens (tertiary/aromatic N) is 1. The van der Waals surface area contributed by atoms with Crippen LogP contribution < -0.4 is 16.6 Å². The smallest absolute Gasteiger partial charge is 0.209 e.